The third kappa shape index (κ3) is 2.33. The normalized spacial score (nSPS) is 10.3. The van der Waals surface area contributed by atoms with E-state index in [0.29, 0.717) is 16.8 Å². The number of amides is 1. The van der Waals surface area contributed by atoms with Gasteiger partial charge in [0.05, 0.1) is 24.7 Å². The van der Waals surface area contributed by atoms with Gasteiger partial charge < -0.3 is 16.2 Å². The van der Waals surface area contributed by atoms with Crippen molar-refractivity contribution in [2.24, 2.45) is 5.73 Å². The van der Waals surface area contributed by atoms with E-state index < -0.39 is 11.9 Å². The Morgan fingerprint density at radius 3 is 2.60 bits per heavy atom. The van der Waals surface area contributed by atoms with Gasteiger partial charge in [-0.3, -0.25) is 4.79 Å². The molecule has 0 saturated heterocycles. The Balaban J connectivity index is 2.45. The van der Waals surface area contributed by atoms with Gasteiger partial charge in [-0.1, -0.05) is 0 Å². The van der Waals surface area contributed by atoms with Gasteiger partial charge in [0.2, 0.25) is 5.91 Å². The minimum atomic E-state index is -0.605. The molecule has 1 amide bonds. The Kier molecular flexibility index (Phi) is 3.43. The average molecular weight is 274 g/mol. The van der Waals surface area contributed by atoms with E-state index in [1.165, 1.54) is 18.0 Å². The van der Waals surface area contributed by atoms with E-state index in [4.69, 9.17) is 11.5 Å². The molecule has 0 bridgehead atoms. The van der Waals surface area contributed by atoms with Crippen molar-refractivity contribution in [3.05, 3.63) is 41.2 Å². The van der Waals surface area contributed by atoms with Crippen LogP contribution in [0.2, 0.25) is 0 Å². The molecule has 4 N–H and O–H groups in total. The summed E-state index contributed by atoms with van der Waals surface area (Å²) < 4.78 is 6.03. The lowest BCUT2D eigenvalue weighted by molar-refractivity contribution is 0.0594. The molecule has 1 heterocycles. The van der Waals surface area contributed by atoms with Crippen LogP contribution in [0.5, 0.6) is 0 Å². The average Bonchev–Trinajstić information content (AvgIpc) is 2.79. The molecular weight excluding hydrogens is 260 g/mol. The van der Waals surface area contributed by atoms with Crippen LogP contribution in [0.1, 0.15) is 26.4 Å². The molecule has 1 aromatic heterocycles. The van der Waals surface area contributed by atoms with Gasteiger partial charge in [0.25, 0.3) is 0 Å². The van der Waals surface area contributed by atoms with Crippen LogP contribution in [0.4, 0.5) is 5.69 Å². The number of aromatic nitrogens is 2. The smallest absolute Gasteiger partial charge is 0.360 e. The number of carbonyl (C=O) groups is 2. The van der Waals surface area contributed by atoms with Crippen molar-refractivity contribution in [2.45, 2.75) is 6.92 Å². The summed E-state index contributed by atoms with van der Waals surface area (Å²) in [4.78, 5) is 22.6. The fourth-order valence-corrected chi connectivity index (χ4v) is 1.84. The number of ether oxygens (including phenoxy) is 1. The van der Waals surface area contributed by atoms with Gasteiger partial charge in [-0.05, 0) is 30.7 Å². The molecule has 20 heavy (non-hydrogen) atoms. The third-order valence-corrected chi connectivity index (χ3v) is 2.86. The highest BCUT2D eigenvalue weighted by atomic mass is 16.5. The summed E-state index contributed by atoms with van der Waals surface area (Å²) in [5.41, 5.74) is 13.0. The number of aryl methyl sites for hydroxylation is 1. The molecule has 0 fully saturated rings. The Hall–Kier alpha value is -2.83. The third-order valence-electron chi connectivity index (χ3n) is 2.86. The molecule has 1 aromatic carbocycles. The number of anilines is 1. The Labute approximate surface area is 115 Å². The summed E-state index contributed by atoms with van der Waals surface area (Å²) in [6.45, 7) is 1.76. The van der Waals surface area contributed by atoms with E-state index in [2.05, 4.69) is 9.84 Å². The number of carbonyl (C=O) groups excluding carboxylic acids is 2. The largest absolute Gasteiger partial charge is 0.464 e. The minimum Gasteiger partial charge on any atom is -0.464 e. The molecule has 7 nitrogen and oxygen atoms in total. The van der Waals surface area contributed by atoms with Crippen LogP contribution in [-0.4, -0.2) is 28.8 Å². The van der Waals surface area contributed by atoms with Crippen LogP contribution in [0.15, 0.2) is 24.4 Å². The highest BCUT2D eigenvalue weighted by Gasteiger charge is 2.16. The summed E-state index contributed by atoms with van der Waals surface area (Å²) in [7, 11) is 1.26. The number of hydrogen-bond acceptors (Lipinski definition) is 5. The van der Waals surface area contributed by atoms with Gasteiger partial charge in [-0.15, -0.1) is 0 Å². The second-order valence-electron chi connectivity index (χ2n) is 4.23. The summed E-state index contributed by atoms with van der Waals surface area (Å²) in [6, 6.07) is 5.00. The molecule has 0 aliphatic heterocycles. The van der Waals surface area contributed by atoms with Crippen LogP contribution in [-0.2, 0) is 4.74 Å². The number of rotatable bonds is 3. The highest BCUT2D eigenvalue weighted by Crippen LogP contribution is 2.18. The maximum absolute atomic E-state index is 11.5. The van der Waals surface area contributed by atoms with Crippen molar-refractivity contribution in [1.29, 1.82) is 0 Å². The fourth-order valence-electron chi connectivity index (χ4n) is 1.84. The number of esters is 1. The van der Waals surface area contributed by atoms with Gasteiger partial charge in [-0.2, -0.15) is 5.10 Å². The fraction of sp³-hybridized carbons (Fsp3) is 0.154. The number of nitrogen functional groups attached to an aromatic ring is 1. The molecule has 104 valence electrons. The minimum absolute atomic E-state index is 0.0455. The Morgan fingerprint density at radius 2 is 2.05 bits per heavy atom. The first kappa shape index (κ1) is 13.6. The van der Waals surface area contributed by atoms with Gasteiger partial charge in [-0.25, -0.2) is 9.48 Å². The molecule has 0 aliphatic rings. The number of benzene rings is 1. The van der Waals surface area contributed by atoms with Gasteiger partial charge >= 0.3 is 5.97 Å². The van der Waals surface area contributed by atoms with Gasteiger partial charge in [0.15, 0.2) is 5.69 Å². The van der Waals surface area contributed by atoms with Crippen LogP contribution >= 0.6 is 0 Å². The first-order chi connectivity index (χ1) is 9.43. The number of primary amides is 1. The van der Waals surface area contributed by atoms with Crippen LogP contribution < -0.4 is 11.5 Å². The Bertz CT molecular complexity index is 691. The number of nitrogens with zero attached hydrogens (tertiary/aromatic N) is 2. The first-order valence-electron chi connectivity index (χ1n) is 5.78. The summed E-state index contributed by atoms with van der Waals surface area (Å²) in [6.07, 6.45) is 1.50. The van der Waals surface area contributed by atoms with E-state index in [9.17, 15) is 9.59 Å². The van der Waals surface area contributed by atoms with Gasteiger partial charge in [0.1, 0.15) is 0 Å². The molecule has 7 heteroatoms. The van der Waals surface area contributed by atoms with Crippen molar-refractivity contribution < 1.29 is 14.3 Å². The predicted molar refractivity (Wildman–Crippen MR) is 72.6 cm³/mol. The van der Waals surface area contributed by atoms with E-state index in [1.807, 2.05) is 0 Å². The van der Waals surface area contributed by atoms with Crippen molar-refractivity contribution in [3.8, 4) is 5.69 Å². The van der Waals surface area contributed by atoms with Crippen LogP contribution in [0.3, 0.4) is 0 Å². The number of hydrogen-bond donors (Lipinski definition) is 2. The molecule has 2 aromatic rings. The topological polar surface area (TPSA) is 113 Å². The summed E-state index contributed by atoms with van der Waals surface area (Å²) in [5.74, 6) is -1.10. The first-order valence-corrected chi connectivity index (χ1v) is 5.78. The van der Waals surface area contributed by atoms with E-state index >= 15 is 0 Å². The number of methoxy groups -OCH3 is 1. The zero-order valence-corrected chi connectivity index (χ0v) is 11.1. The summed E-state index contributed by atoms with van der Waals surface area (Å²) in [5, 5.41) is 4.07. The zero-order valence-electron chi connectivity index (χ0n) is 11.1. The molecule has 2 rings (SSSR count). The molecule has 0 spiro atoms. The lowest BCUT2D eigenvalue weighted by Crippen LogP contribution is -2.13. The highest BCUT2D eigenvalue weighted by molar-refractivity contribution is 5.94. The molecule has 0 atom stereocenters. The second kappa shape index (κ2) is 5.04. The quantitative estimate of drug-likeness (QED) is 0.798. The SMILES string of the molecule is COC(=O)c1nn(-c2ccc(C(N)=O)c(C)c2)cc1N. The maximum atomic E-state index is 11.5. The zero-order chi connectivity index (χ0) is 14.9. The molecule has 0 saturated carbocycles. The molecule has 0 aliphatic carbocycles. The maximum Gasteiger partial charge on any atom is 0.360 e. The monoisotopic (exact) mass is 274 g/mol. The molecule has 0 unspecified atom stereocenters. The van der Waals surface area contributed by atoms with Crippen LogP contribution in [0, 0.1) is 6.92 Å². The van der Waals surface area contributed by atoms with Crippen molar-refractivity contribution in [2.75, 3.05) is 12.8 Å². The van der Waals surface area contributed by atoms with E-state index in [-0.39, 0.29) is 11.4 Å². The summed E-state index contributed by atoms with van der Waals surface area (Å²) >= 11 is 0. The van der Waals surface area contributed by atoms with Crippen LogP contribution in [0.25, 0.3) is 5.69 Å². The molecule has 0 radical (unpaired) electrons. The van der Waals surface area contributed by atoms with Gasteiger partial charge in [0, 0.05) is 5.56 Å². The standard InChI is InChI=1S/C13H14N4O3/c1-7-5-8(3-4-9(7)12(15)18)17-6-10(14)11(16-17)13(19)20-2/h3-6H,14H2,1-2H3,(H2,15,18). The Morgan fingerprint density at radius 1 is 1.35 bits per heavy atom. The van der Waals surface area contributed by atoms with Crippen molar-refractivity contribution in [1.82, 2.24) is 9.78 Å². The lowest BCUT2D eigenvalue weighted by Gasteiger charge is -2.05. The van der Waals surface area contributed by atoms with Crippen molar-refractivity contribution >= 4 is 17.6 Å². The lowest BCUT2D eigenvalue weighted by atomic mass is 10.1. The predicted octanol–water partition coefficient (Wildman–Crippen LogP) is 0.648. The van der Waals surface area contributed by atoms with Crippen molar-refractivity contribution in [3.63, 3.8) is 0 Å². The number of nitrogens with two attached hydrogens (primary N) is 2. The van der Waals surface area contributed by atoms with E-state index in [1.54, 1.807) is 25.1 Å². The molecular formula is C13H14N4O3. The second-order valence-corrected chi connectivity index (χ2v) is 4.23. The van der Waals surface area contributed by atoms with E-state index in [0.717, 1.165) is 0 Å².